The fraction of sp³-hybridized carbons (Fsp3) is 0.286. The van der Waals surface area contributed by atoms with Crippen molar-refractivity contribution in [1.29, 1.82) is 0 Å². The van der Waals surface area contributed by atoms with Crippen molar-refractivity contribution in [3.05, 3.63) is 34.7 Å². The molecule has 104 valence electrons. The third-order valence-electron chi connectivity index (χ3n) is 3.21. The van der Waals surface area contributed by atoms with Crippen molar-refractivity contribution in [2.24, 2.45) is 5.10 Å². The molecule has 5 nitrogen and oxygen atoms in total. The van der Waals surface area contributed by atoms with Crippen LogP contribution in [0.15, 0.2) is 22.8 Å². The Labute approximate surface area is 121 Å². The largest absolute Gasteiger partial charge is 0.476 e. The second kappa shape index (κ2) is 5.17. The molecule has 2 aliphatic rings. The average molecular weight is 292 g/mol. The van der Waals surface area contributed by atoms with Gasteiger partial charge in [-0.2, -0.15) is 0 Å². The van der Waals surface area contributed by atoms with Crippen molar-refractivity contribution in [1.82, 2.24) is 10.4 Å². The van der Waals surface area contributed by atoms with Gasteiger partial charge in [0, 0.05) is 22.0 Å². The molecule has 0 atom stereocenters. The first-order chi connectivity index (χ1) is 9.69. The number of hydrogen-bond acceptors (Lipinski definition) is 3. The first kappa shape index (κ1) is 13.0. The Kier molecular flexibility index (Phi) is 3.36. The van der Waals surface area contributed by atoms with Gasteiger partial charge in [-0.15, -0.1) is 5.10 Å². The maximum atomic E-state index is 11.7. The number of allylic oxidation sites excluding steroid dienone is 1. The number of ether oxygens (including phenoxy) is 1. The SMILES string of the molecule is CCOC1=NNC(=O)/C1=C/c1cc2c([nH]1)CCC=C2Cl. The van der Waals surface area contributed by atoms with Crippen LogP contribution in [0.5, 0.6) is 0 Å². The maximum Gasteiger partial charge on any atom is 0.277 e. The van der Waals surface area contributed by atoms with E-state index in [9.17, 15) is 4.79 Å². The number of aromatic nitrogens is 1. The maximum absolute atomic E-state index is 11.7. The number of aryl methyl sites for hydroxylation is 1. The van der Waals surface area contributed by atoms with Crippen LogP contribution in [0, 0.1) is 0 Å². The Bertz CT molecular complexity index is 655. The third kappa shape index (κ3) is 2.25. The van der Waals surface area contributed by atoms with Crippen molar-refractivity contribution < 1.29 is 9.53 Å². The summed E-state index contributed by atoms with van der Waals surface area (Å²) in [5, 5.41) is 4.61. The normalized spacial score (nSPS) is 19.5. The summed E-state index contributed by atoms with van der Waals surface area (Å²) in [6, 6.07) is 1.94. The van der Waals surface area contributed by atoms with Gasteiger partial charge in [0.1, 0.15) is 5.57 Å². The van der Waals surface area contributed by atoms with Crippen LogP contribution < -0.4 is 5.43 Å². The van der Waals surface area contributed by atoms with Crippen LogP contribution >= 0.6 is 11.6 Å². The summed E-state index contributed by atoms with van der Waals surface area (Å²) in [7, 11) is 0. The lowest BCUT2D eigenvalue weighted by atomic mass is 10.1. The van der Waals surface area contributed by atoms with E-state index in [2.05, 4.69) is 15.5 Å². The number of carbonyl (C=O) groups is 1. The van der Waals surface area contributed by atoms with E-state index in [4.69, 9.17) is 16.3 Å². The number of halogens is 1. The first-order valence-electron chi connectivity index (χ1n) is 6.50. The van der Waals surface area contributed by atoms with E-state index in [0.29, 0.717) is 18.1 Å². The molecule has 2 heterocycles. The summed E-state index contributed by atoms with van der Waals surface area (Å²) in [6.45, 7) is 2.31. The number of fused-ring (bicyclic) bond motifs is 1. The van der Waals surface area contributed by atoms with Crippen LogP contribution in [-0.2, 0) is 16.0 Å². The summed E-state index contributed by atoms with van der Waals surface area (Å²) < 4.78 is 5.33. The van der Waals surface area contributed by atoms with Gasteiger partial charge in [-0.05, 0) is 31.9 Å². The number of H-pyrrole nitrogens is 1. The van der Waals surface area contributed by atoms with Crippen LogP contribution in [0.2, 0.25) is 0 Å². The molecule has 3 rings (SSSR count). The second-order valence-electron chi connectivity index (χ2n) is 4.56. The van der Waals surface area contributed by atoms with Gasteiger partial charge >= 0.3 is 0 Å². The summed E-state index contributed by atoms with van der Waals surface area (Å²) in [5.41, 5.74) is 5.74. The number of amides is 1. The van der Waals surface area contributed by atoms with Gasteiger partial charge < -0.3 is 9.72 Å². The zero-order chi connectivity index (χ0) is 14.1. The number of aromatic amines is 1. The van der Waals surface area contributed by atoms with Crippen LogP contribution in [0.4, 0.5) is 0 Å². The van der Waals surface area contributed by atoms with Crippen molar-refractivity contribution in [3.8, 4) is 0 Å². The van der Waals surface area contributed by atoms with Crippen LogP contribution in [0.3, 0.4) is 0 Å². The Morgan fingerprint density at radius 2 is 2.40 bits per heavy atom. The Morgan fingerprint density at radius 1 is 1.55 bits per heavy atom. The minimum atomic E-state index is -0.261. The molecule has 2 N–H and O–H groups in total. The Morgan fingerprint density at radius 3 is 3.15 bits per heavy atom. The summed E-state index contributed by atoms with van der Waals surface area (Å²) in [6.07, 6.45) is 5.59. The minimum Gasteiger partial charge on any atom is -0.476 e. The Hall–Kier alpha value is -2.01. The van der Waals surface area contributed by atoms with E-state index >= 15 is 0 Å². The number of rotatable bonds is 2. The highest BCUT2D eigenvalue weighted by Crippen LogP contribution is 2.30. The molecule has 1 aromatic rings. The van der Waals surface area contributed by atoms with Gasteiger partial charge in [0.05, 0.1) is 6.61 Å². The molecule has 1 amide bonds. The third-order valence-corrected chi connectivity index (χ3v) is 3.57. The molecule has 0 saturated carbocycles. The number of nitrogens with one attached hydrogen (secondary N) is 2. The van der Waals surface area contributed by atoms with Crippen LogP contribution in [0.25, 0.3) is 11.1 Å². The smallest absolute Gasteiger partial charge is 0.277 e. The molecule has 0 saturated heterocycles. The molecule has 1 aliphatic carbocycles. The molecule has 0 bridgehead atoms. The average Bonchev–Trinajstić information content (AvgIpc) is 2.98. The lowest BCUT2D eigenvalue weighted by molar-refractivity contribution is -0.116. The topological polar surface area (TPSA) is 66.5 Å². The van der Waals surface area contributed by atoms with Crippen molar-refractivity contribution in [2.45, 2.75) is 19.8 Å². The predicted octanol–water partition coefficient (Wildman–Crippen LogP) is 2.40. The van der Waals surface area contributed by atoms with Gasteiger partial charge in [-0.25, -0.2) is 5.43 Å². The monoisotopic (exact) mass is 291 g/mol. The minimum absolute atomic E-state index is 0.261. The first-order valence-corrected chi connectivity index (χ1v) is 6.87. The zero-order valence-electron chi connectivity index (χ0n) is 11.0. The van der Waals surface area contributed by atoms with Crippen molar-refractivity contribution in [3.63, 3.8) is 0 Å². The van der Waals surface area contributed by atoms with Gasteiger partial charge in [-0.3, -0.25) is 4.79 Å². The van der Waals surface area contributed by atoms with Crippen LogP contribution in [-0.4, -0.2) is 23.4 Å². The highest BCUT2D eigenvalue weighted by Gasteiger charge is 2.24. The lowest BCUT2D eigenvalue weighted by Gasteiger charge is -2.06. The van der Waals surface area contributed by atoms with Gasteiger partial charge in [0.15, 0.2) is 0 Å². The molecule has 20 heavy (non-hydrogen) atoms. The van der Waals surface area contributed by atoms with E-state index in [1.165, 1.54) is 0 Å². The number of nitrogens with zero attached hydrogens (tertiary/aromatic N) is 1. The number of carbonyl (C=O) groups excluding carboxylic acids is 1. The highest BCUT2D eigenvalue weighted by molar-refractivity contribution is 6.49. The molecule has 0 radical (unpaired) electrons. The Balaban J connectivity index is 1.94. The molecule has 1 aromatic heterocycles. The molecule has 6 heteroatoms. The molecule has 1 aliphatic heterocycles. The predicted molar refractivity (Wildman–Crippen MR) is 78.1 cm³/mol. The fourth-order valence-corrected chi connectivity index (χ4v) is 2.59. The zero-order valence-corrected chi connectivity index (χ0v) is 11.8. The van der Waals surface area contributed by atoms with Gasteiger partial charge in [-0.1, -0.05) is 17.7 Å². The standard InChI is InChI=1S/C14H14ClN3O2/c1-2-20-14-10(13(19)17-18-14)7-8-6-9-11(15)4-3-5-12(9)16-8/h4,6-7,16H,2-3,5H2,1H3,(H,17,19)/b10-7-. The van der Waals surface area contributed by atoms with Crippen LogP contribution in [0.1, 0.15) is 30.3 Å². The number of hydrazone groups is 1. The van der Waals surface area contributed by atoms with Gasteiger partial charge in [0.25, 0.3) is 5.91 Å². The molecule has 0 fully saturated rings. The fourth-order valence-electron chi connectivity index (χ4n) is 2.31. The molecule has 0 spiro atoms. The second-order valence-corrected chi connectivity index (χ2v) is 4.96. The molecular weight excluding hydrogens is 278 g/mol. The van der Waals surface area contributed by atoms with E-state index < -0.39 is 0 Å². The summed E-state index contributed by atoms with van der Waals surface area (Å²) >= 11 is 6.18. The highest BCUT2D eigenvalue weighted by atomic mass is 35.5. The molecule has 0 aromatic carbocycles. The van der Waals surface area contributed by atoms with E-state index in [0.717, 1.165) is 34.8 Å². The molecule has 0 unspecified atom stereocenters. The van der Waals surface area contributed by atoms with E-state index in [-0.39, 0.29) is 5.91 Å². The van der Waals surface area contributed by atoms with E-state index in [1.54, 1.807) is 6.08 Å². The summed E-state index contributed by atoms with van der Waals surface area (Å²) in [5.74, 6) is 0.0642. The van der Waals surface area contributed by atoms with Crippen molar-refractivity contribution in [2.75, 3.05) is 6.61 Å². The summed E-state index contributed by atoms with van der Waals surface area (Å²) in [4.78, 5) is 15.0. The van der Waals surface area contributed by atoms with Gasteiger partial charge in [0.2, 0.25) is 5.90 Å². The quantitative estimate of drug-likeness (QED) is 0.822. The lowest BCUT2D eigenvalue weighted by Crippen LogP contribution is -2.14. The van der Waals surface area contributed by atoms with E-state index in [1.807, 2.05) is 19.1 Å². The van der Waals surface area contributed by atoms with Crippen molar-refractivity contribution >= 4 is 34.5 Å². The number of hydrogen-bond donors (Lipinski definition) is 2. The molecular formula is C14H14ClN3O2.